The van der Waals surface area contributed by atoms with Crippen molar-refractivity contribution < 1.29 is 4.39 Å². The van der Waals surface area contributed by atoms with Gasteiger partial charge in [0, 0.05) is 0 Å². The number of rotatable bonds is 0. The van der Waals surface area contributed by atoms with Crippen LogP contribution in [0.4, 0.5) is 4.39 Å². The second-order valence-corrected chi connectivity index (χ2v) is 2.89. The molecule has 0 aliphatic rings. The number of hydrogen-bond acceptors (Lipinski definition) is 1. The molecule has 0 amide bonds. The van der Waals surface area contributed by atoms with Crippen molar-refractivity contribution in [2.24, 2.45) is 0 Å². The van der Waals surface area contributed by atoms with Crippen molar-refractivity contribution in [3.05, 3.63) is 34.1 Å². The van der Waals surface area contributed by atoms with Gasteiger partial charge in [0.25, 0.3) is 0 Å². The quantitative estimate of drug-likeness (QED) is 0.576. The first kappa shape index (κ1) is 8.73. The minimum atomic E-state index is -0.297. The van der Waals surface area contributed by atoms with Crippen LogP contribution in [0.2, 0.25) is 0 Å². The third kappa shape index (κ3) is 1.18. The van der Waals surface area contributed by atoms with Crippen LogP contribution in [0.1, 0.15) is 22.3 Å². The highest BCUT2D eigenvalue weighted by atomic mass is 19.1. The van der Waals surface area contributed by atoms with Gasteiger partial charge in [-0.25, -0.2) is 4.39 Å². The molecular weight excluding hydrogens is 153 g/mol. The molecule has 0 N–H and O–H groups in total. The topological polar surface area (TPSA) is 23.8 Å². The Morgan fingerprint density at radius 2 is 1.75 bits per heavy atom. The van der Waals surface area contributed by atoms with Gasteiger partial charge in [-0.15, -0.1) is 0 Å². The van der Waals surface area contributed by atoms with E-state index in [1.807, 2.05) is 19.9 Å². The standard InChI is InChI=1S/C10H10FN/c1-6-7(2)9(5-12)4-10(11)8(6)3/h4H,1-3H3. The van der Waals surface area contributed by atoms with Crippen molar-refractivity contribution in [3.8, 4) is 6.07 Å². The molecule has 0 saturated heterocycles. The smallest absolute Gasteiger partial charge is 0.127 e. The summed E-state index contributed by atoms with van der Waals surface area (Å²) < 4.78 is 13.1. The summed E-state index contributed by atoms with van der Waals surface area (Å²) in [6.45, 7) is 5.38. The lowest BCUT2D eigenvalue weighted by atomic mass is 9.99. The molecule has 0 heterocycles. The van der Waals surface area contributed by atoms with E-state index in [1.54, 1.807) is 6.92 Å². The van der Waals surface area contributed by atoms with Crippen LogP contribution in [-0.4, -0.2) is 0 Å². The van der Waals surface area contributed by atoms with E-state index in [0.717, 1.165) is 11.1 Å². The second-order valence-electron chi connectivity index (χ2n) is 2.89. The number of halogens is 1. The van der Waals surface area contributed by atoms with E-state index in [4.69, 9.17) is 5.26 Å². The fourth-order valence-corrected chi connectivity index (χ4v) is 1.12. The van der Waals surface area contributed by atoms with Crippen LogP contribution in [0, 0.1) is 37.9 Å². The van der Waals surface area contributed by atoms with Gasteiger partial charge >= 0.3 is 0 Å². The Morgan fingerprint density at radius 1 is 1.17 bits per heavy atom. The monoisotopic (exact) mass is 163 g/mol. The highest BCUT2D eigenvalue weighted by Crippen LogP contribution is 2.19. The third-order valence-electron chi connectivity index (χ3n) is 2.28. The summed E-state index contributed by atoms with van der Waals surface area (Å²) in [5, 5.41) is 8.64. The zero-order chi connectivity index (χ0) is 9.30. The van der Waals surface area contributed by atoms with Gasteiger partial charge in [0.1, 0.15) is 5.82 Å². The molecule has 0 atom stereocenters. The summed E-state index contributed by atoms with van der Waals surface area (Å²) in [7, 11) is 0. The first-order valence-electron chi connectivity index (χ1n) is 3.74. The summed E-state index contributed by atoms with van der Waals surface area (Å²) >= 11 is 0. The van der Waals surface area contributed by atoms with E-state index in [9.17, 15) is 4.39 Å². The average Bonchev–Trinajstić information content (AvgIpc) is 2.08. The Kier molecular flexibility index (Phi) is 2.14. The van der Waals surface area contributed by atoms with Crippen molar-refractivity contribution in [2.45, 2.75) is 20.8 Å². The van der Waals surface area contributed by atoms with Gasteiger partial charge in [-0.2, -0.15) is 5.26 Å². The molecule has 0 bridgehead atoms. The van der Waals surface area contributed by atoms with E-state index in [2.05, 4.69) is 0 Å². The predicted molar refractivity (Wildman–Crippen MR) is 45.3 cm³/mol. The Balaban J connectivity index is 3.52. The molecule has 1 nitrogen and oxygen atoms in total. The third-order valence-corrected chi connectivity index (χ3v) is 2.28. The zero-order valence-corrected chi connectivity index (χ0v) is 7.40. The van der Waals surface area contributed by atoms with Crippen LogP contribution in [0.5, 0.6) is 0 Å². The Bertz CT molecular complexity index is 361. The molecular formula is C10H10FN. The lowest BCUT2D eigenvalue weighted by Gasteiger charge is -2.06. The molecule has 0 aliphatic heterocycles. The lowest BCUT2D eigenvalue weighted by molar-refractivity contribution is 0.615. The predicted octanol–water partition coefficient (Wildman–Crippen LogP) is 2.62. The highest BCUT2D eigenvalue weighted by Gasteiger charge is 2.07. The number of nitrogens with zero attached hydrogens (tertiary/aromatic N) is 1. The Labute approximate surface area is 71.4 Å². The SMILES string of the molecule is Cc1c(F)cc(C#N)c(C)c1C. The van der Waals surface area contributed by atoms with Gasteiger partial charge < -0.3 is 0 Å². The van der Waals surface area contributed by atoms with Crippen LogP contribution in [0.25, 0.3) is 0 Å². The molecule has 0 saturated carbocycles. The van der Waals surface area contributed by atoms with Gasteiger partial charge in [0.2, 0.25) is 0 Å². The van der Waals surface area contributed by atoms with Gasteiger partial charge in [-0.1, -0.05) is 0 Å². The zero-order valence-electron chi connectivity index (χ0n) is 7.40. The first-order chi connectivity index (χ1) is 5.57. The van der Waals surface area contributed by atoms with E-state index in [1.165, 1.54) is 6.07 Å². The van der Waals surface area contributed by atoms with E-state index in [0.29, 0.717) is 11.1 Å². The number of hydrogen-bond donors (Lipinski definition) is 0. The minimum absolute atomic E-state index is 0.297. The molecule has 0 radical (unpaired) electrons. The van der Waals surface area contributed by atoms with Crippen molar-refractivity contribution in [2.75, 3.05) is 0 Å². The maximum absolute atomic E-state index is 13.1. The Hall–Kier alpha value is -1.36. The van der Waals surface area contributed by atoms with Gasteiger partial charge in [0.05, 0.1) is 11.6 Å². The first-order valence-corrected chi connectivity index (χ1v) is 3.74. The molecule has 0 unspecified atom stereocenters. The largest absolute Gasteiger partial charge is 0.207 e. The Morgan fingerprint density at radius 3 is 2.25 bits per heavy atom. The van der Waals surface area contributed by atoms with E-state index in [-0.39, 0.29) is 5.82 Å². The van der Waals surface area contributed by atoms with Crippen molar-refractivity contribution in [1.82, 2.24) is 0 Å². The van der Waals surface area contributed by atoms with Crippen LogP contribution in [-0.2, 0) is 0 Å². The van der Waals surface area contributed by atoms with E-state index < -0.39 is 0 Å². The van der Waals surface area contributed by atoms with Crippen LogP contribution < -0.4 is 0 Å². The number of benzene rings is 1. The van der Waals surface area contributed by atoms with E-state index >= 15 is 0 Å². The second kappa shape index (κ2) is 2.94. The maximum Gasteiger partial charge on any atom is 0.127 e. The van der Waals surface area contributed by atoms with Crippen molar-refractivity contribution in [3.63, 3.8) is 0 Å². The minimum Gasteiger partial charge on any atom is -0.207 e. The fraction of sp³-hybridized carbons (Fsp3) is 0.300. The van der Waals surface area contributed by atoms with Crippen molar-refractivity contribution in [1.29, 1.82) is 5.26 Å². The fourth-order valence-electron chi connectivity index (χ4n) is 1.12. The summed E-state index contributed by atoms with van der Waals surface area (Å²) in [5.41, 5.74) is 2.80. The lowest BCUT2D eigenvalue weighted by Crippen LogP contribution is -1.94. The number of nitriles is 1. The molecule has 0 aliphatic carbocycles. The van der Waals surface area contributed by atoms with Crippen LogP contribution in [0.15, 0.2) is 6.07 Å². The molecule has 1 aromatic carbocycles. The van der Waals surface area contributed by atoms with Gasteiger partial charge in [-0.05, 0) is 43.5 Å². The summed E-state index contributed by atoms with van der Waals surface area (Å²) in [6, 6.07) is 3.25. The summed E-state index contributed by atoms with van der Waals surface area (Å²) in [6.07, 6.45) is 0. The molecule has 62 valence electrons. The molecule has 0 fully saturated rings. The molecule has 0 aromatic heterocycles. The van der Waals surface area contributed by atoms with Gasteiger partial charge in [-0.3, -0.25) is 0 Å². The maximum atomic E-state index is 13.1. The van der Waals surface area contributed by atoms with Crippen molar-refractivity contribution >= 4 is 0 Å². The highest BCUT2D eigenvalue weighted by molar-refractivity contribution is 5.45. The average molecular weight is 163 g/mol. The molecule has 12 heavy (non-hydrogen) atoms. The molecule has 1 rings (SSSR count). The van der Waals surface area contributed by atoms with Gasteiger partial charge in [0.15, 0.2) is 0 Å². The molecule has 2 heteroatoms. The summed E-state index contributed by atoms with van der Waals surface area (Å²) in [4.78, 5) is 0. The summed E-state index contributed by atoms with van der Waals surface area (Å²) in [5.74, 6) is -0.297. The normalized spacial score (nSPS) is 9.58. The molecule has 1 aromatic rings. The molecule has 0 spiro atoms. The van der Waals surface area contributed by atoms with Crippen LogP contribution in [0.3, 0.4) is 0 Å². The van der Waals surface area contributed by atoms with Crippen LogP contribution >= 0.6 is 0 Å².